The molecule has 0 radical (unpaired) electrons. The van der Waals surface area contributed by atoms with Crippen molar-refractivity contribution in [2.75, 3.05) is 6.54 Å². The first-order chi connectivity index (χ1) is 9.46. The first-order valence-electron chi connectivity index (χ1n) is 7.23. The van der Waals surface area contributed by atoms with Gasteiger partial charge in [-0.2, -0.15) is 0 Å². The maximum absolute atomic E-state index is 4.41. The third kappa shape index (κ3) is 4.17. The topological polar surface area (TPSA) is 24.9 Å². The van der Waals surface area contributed by atoms with Crippen molar-refractivity contribution in [1.29, 1.82) is 0 Å². The first kappa shape index (κ1) is 14.7. The van der Waals surface area contributed by atoms with Crippen LogP contribution in [0.15, 0.2) is 42.6 Å². The molecule has 0 aliphatic heterocycles. The summed E-state index contributed by atoms with van der Waals surface area (Å²) in [7, 11) is 0. The number of nitrogens with one attached hydrogen (secondary N) is 1. The summed E-state index contributed by atoms with van der Waals surface area (Å²) in [6, 6.07) is 10.6. The predicted octanol–water partition coefficient (Wildman–Crippen LogP) is 4.42. The van der Waals surface area contributed by atoms with Crippen molar-refractivity contribution in [2.45, 2.75) is 39.7 Å². The minimum absolute atomic E-state index is 0.189. The average molecular weight is 268 g/mol. The zero-order chi connectivity index (χ0) is 14.6. The first-order valence-corrected chi connectivity index (χ1v) is 7.23. The van der Waals surface area contributed by atoms with E-state index in [0.717, 1.165) is 18.5 Å². The van der Waals surface area contributed by atoms with E-state index in [0.29, 0.717) is 0 Å². The lowest BCUT2D eigenvalue weighted by Crippen LogP contribution is -2.36. The van der Waals surface area contributed by atoms with E-state index >= 15 is 0 Å². The van der Waals surface area contributed by atoms with E-state index in [1.165, 1.54) is 16.5 Å². The number of benzene rings is 1. The molecule has 2 rings (SSSR count). The van der Waals surface area contributed by atoms with E-state index in [2.05, 4.69) is 68.3 Å². The van der Waals surface area contributed by atoms with Crippen LogP contribution in [0.2, 0.25) is 0 Å². The minimum atomic E-state index is 0.189. The summed E-state index contributed by atoms with van der Waals surface area (Å²) in [5, 5.41) is 4.69. The molecular formula is C18H24N2. The van der Waals surface area contributed by atoms with Crippen molar-refractivity contribution in [3.8, 4) is 0 Å². The van der Waals surface area contributed by atoms with Crippen molar-refractivity contribution in [3.63, 3.8) is 0 Å². The van der Waals surface area contributed by atoms with Gasteiger partial charge < -0.3 is 5.32 Å². The molecule has 0 aliphatic rings. The van der Waals surface area contributed by atoms with Crippen LogP contribution in [-0.2, 0) is 0 Å². The molecule has 2 aromatic rings. The predicted molar refractivity (Wildman–Crippen MR) is 87.8 cm³/mol. The summed E-state index contributed by atoms with van der Waals surface area (Å²) in [6.45, 7) is 9.75. The van der Waals surface area contributed by atoms with Gasteiger partial charge in [0.25, 0.3) is 0 Å². The van der Waals surface area contributed by atoms with Crippen molar-refractivity contribution in [3.05, 3.63) is 48.2 Å². The Morgan fingerprint density at radius 1 is 1.25 bits per heavy atom. The summed E-state index contributed by atoms with van der Waals surface area (Å²) in [5.41, 5.74) is 3.82. The molecule has 0 atom stereocenters. The van der Waals surface area contributed by atoms with Gasteiger partial charge in [0.15, 0.2) is 0 Å². The van der Waals surface area contributed by atoms with Crippen LogP contribution in [0, 0.1) is 0 Å². The Hall–Kier alpha value is -1.67. The molecular weight excluding hydrogens is 244 g/mol. The molecule has 1 aromatic carbocycles. The number of hydrogen-bond donors (Lipinski definition) is 1. The van der Waals surface area contributed by atoms with Crippen LogP contribution in [-0.4, -0.2) is 17.1 Å². The van der Waals surface area contributed by atoms with Gasteiger partial charge >= 0.3 is 0 Å². The lowest BCUT2D eigenvalue weighted by molar-refractivity contribution is 0.431. The fourth-order valence-corrected chi connectivity index (χ4v) is 2.17. The number of pyridine rings is 1. The van der Waals surface area contributed by atoms with Crippen LogP contribution >= 0.6 is 0 Å². The van der Waals surface area contributed by atoms with Gasteiger partial charge in [-0.15, -0.1) is 0 Å². The molecule has 0 spiro atoms. The van der Waals surface area contributed by atoms with Crippen LogP contribution in [0.4, 0.5) is 0 Å². The summed E-state index contributed by atoms with van der Waals surface area (Å²) in [4.78, 5) is 4.41. The number of hydrogen-bond acceptors (Lipinski definition) is 2. The highest BCUT2D eigenvalue weighted by atomic mass is 14.9. The molecule has 0 saturated heterocycles. The van der Waals surface area contributed by atoms with Gasteiger partial charge in [-0.3, -0.25) is 4.98 Å². The number of nitrogens with zero attached hydrogens (tertiary/aromatic N) is 1. The summed E-state index contributed by atoms with van der Waals surface area (Å²) >= 11 is 0. The monoisotopic (exact) mass is 268 g/mol. The smallest absolute Gasteiger partial charge is 0.0708 e. The van der Waals surface area contributed by atoms with Gasteiger partial charge in [-0.05, 0) is 63.9 Å². The van der Waals surface area contributed by atoms with E-state index in [-0.39, 0.29) is 5.54 Å². The molecule has 2 nitrogen and oxygen atoms in total. The van der Waals surface area contributed by atoms with Crippen molar-refractivity contribution >= 4 is 16.5 Å². The van der Waals surface area contributed by atoms with Gasteiger partial charge in [-0.25, -0.2) is 0 Å². The molecule has 0 fully saturated rings. The molecule has 2 heteroatoms. The Morgan fingerprint density at radius 2 is 2.05 bits per heavy atom. The number of rotatable bonds is 4. The van der Waals surface area contributed by atoms with E-state index < -0.39 is 0 Å². The third-order valence-corrected chi connectivity index (χ3v) is 3.31. The molecule has 0 aliphatic carbocycles. The lowest BCUT2D eigenvalue weighted by Gasteiger charge is -2.19. The lowest BCUT2D eigenvalue weighted by atomic mass is 10.0. The third-order valence-electron chi connectivity index (χ3n) is 3.31. The van der Waals surface area contributed by atoms with Crippen molar-refractivity contribution in [1.82, 2.24) is 10.3 Å². The van der Waals surface area contributed by atoms with Gasteiger partial charge in [0.2, 0.25) is 0 Å². The standard InChI is InChI=1S/C18H24N2/c1-14(7-5-12-20-18(2,3)4)16-10-9-15-8-6-11-19-17(15)13-16/h6-11,13,20H,5,12H2,1-4H3/b14-7-. The normalized spacial score (nSPS) is 12.9. The largest absolute Gasteiger partial charge is 0.312 e. The number of allylic oxidation sites excluding steroid dienone is 1. The Balaban J connectivity index is 2.05. The second kappa shape index (κ2) is 6.19. The maximum atomic E-state index is 4.41. The second-order valence-electron chi connectivity index (χ2n) is 6.26. The van der Waals surface area contributed by atoms with Gasteiger partial charge in [0.1, 0.15) is 0 Å². The zero-order valence-electron chi connectivity index (χ0n) is 12.9. The van der Waals surface area contributed by atoms with Crippen LogP contribution < -0.4 is 5.32 Å². The maximum Gasteiger partial charge on any atom is 0.0708 e. The number of aromatic nitrogens is 1. The van der Waals surface area contributed by atoms with E-state index in [4.69, 9.17) is 0 Å². The van der Waals surface area contributed by atoms with Crippen molar-refractivity contribution in [2.24, 2.45) is 0 Å². The van der Waals surface area contributed by atoms with Gasteiger partial charge in [0, 0.05) is 17.1 Å². The van der Waals surface area contributed by atoms with Crippen LogP contribution in [0.3, 0.4) is 0 Å². The van der Waals surface area contributed by atoms with Gasteiger partial charge in [0.05, 0.1) is 5.52 Å². The van der Waals surface area contributed by atoms with Crippen molar-refractivity contribution < 1.29 is 0 Å². The van der Waals surface area contributed by atoms with Crippen LogP contribution in [0.1, 0.15) is 39.7 Å². The number of fused-ring (bicyclic) bond motifs is 1. The fourth-order valence-electron chi connectivity index (χ4n) is 2.17. The summed E-state index contributed by atoms with van der Waals surface area (Å²) in [6.07, 6.45) is 5.19. The molecule has 1 N–H and O–H groups in total. The van der Waals surface area contributed by atoms with E-state index in [1.54, 1.807) is 0 Å². The zero-order valence-corrected chi connectivity index (χ0v) is 12.9. The second-order valence-corrected chi connectivity index (χ2v) is 6.26. The van der Waals surface area contributed by atoms with Crippen LogP contribution in [0.25, 0.3) is 16.5 Å². The highest BCUT2D eigenvalue weighted by Crippen LogP contribution is 2.19. The average Bonchev–Trinajstić information content (AvgIpc) is 2.42. The summed E-state index contributed by atoms with van der Waals surface area (Å²) < 4.78 is 0. The highest BCUT2D eigenvalue weighted by molar-refractivity contribution is 5.82. The molecule has 20 heavy (non-hydrogen) atoms. The minimum Gasteiger partial charge on any atom is -0.312 e. The van der Waals surface area contributed by atoms with E-state index in [1.807, 2.05) is 12.3 Å². The highest BCUT2D eigenvalue weighted by Gasteiger charge is 2.06. The Bertz CT molecular complexity index is 606. The van der Waals surface area contributed by atoms with Crippen LogP contribution in [0.5, 0.6) is 0 Å². The molecule has 0 saturated carbocycles. The molecule has 106 valence electrons. The Labute approximate surface area is 121 Å². The molecule has 0 amide bonds. The SMILES string of the molecule is C/C(=C/CCNC(C)(C)C)c1ccc2cccnc2c1. The quantitative estimate of drug-likeness (QED) is 0.830. The van der Waals surface area contributed by atoms with Gasteiger partial charge in [-0.1, -0.05) is 24.3 Å². The molecule has 0 unspecified atom stereocenters. The molecule has 1 heterocycles. The Kier molecular flexibility index (Phi) is 4.56. The molecule has 1 aromatic heterocycles. The van der Waals surface area contributed by atoms with E-state index in [9.17, 15) is 0 Å². The molecule has 0 bridgehead atoms. The fraction of sp³-hybridized carbons (Fsp3) is 0.389. The Morgan fingerprint density at radius 3 is 2.80 bits per heavy atom. The summed E-state index contributed by atoms with van der Waals surface area (Å²) in [5.74, 6) is 0.